The third-order valence-electron chi connectivity index (χ3n) is 6.34. The maximum absolute atomic E-state index is 13.8. The van der Waals surface area contributed by atoms with Crippen molar-refractivity contribution >= 4 is 11.6 Å². The third-order valence-corrected chi connectivity index (χ3v) is 6.34. The minimum atomic E-state index is 0.0295. The Kier molecular flexibility index (Phi) is 7.04. The Balaban J connectivity index is 1.73. The number of carbonyl (C=O) groups excluding carboxylic acids is 1. The fourth-order valence-corrected chi connectivity index (χ4v) is 4.67. The van der Waals surface area contributed by atoms with Crippen molar-refractivity contribution in [2.24, 2.45) is 0 Å². The number of aromatic nitrogens is 1. The first-order valence-electron chi connectivity index (χ1n) is 11.4. The Morgan fingerprint density at radius 3 is 2.42 bits per heavy atom. The number of methoxy groups -OCH3 is 1. The first-order chi connectivity index (χ1) is 16.0. The van der Waals surface area contributed by atoms with Gasteiger partial charge in [-0.1, -0.05) is 42.5 Å². The zero-order chi connectivity index (χ0) is 23.4. The van der Waals surface area contributed by atoms with Crippen LogP contribution in [0.25, 0.3) is 0 Å². The number of carbonyl (C=O) groups is 1. The Labute approximate surface area is 196 Å². The topological polar surface area (TPSA) is 46.9 Å². The van der Waals surface area contributed by atoms with E-state index < -0.39 is 0 Å². The van der Waals surface area contributed by atoms with E-state index in [9.17, 15) is 4.79 Å². The zero-order valence-corrected chi connectivity index (χ0v) is 20.0. The highest BCUT2D eigenvalue weighted by Gasteiger charge is 2.28. The molecule has 0 radical (unpaired) electrons. The van der Waals surface area contributed by atoms with Gasteiger partial charge in [0.15, 0.2) is 0 Å². The minimum absolute atomic E-state index is 0.0295. The summed E-state index contributed by atoms with van der Waals surface area (Å²) >= 11 is 0. The number of hydrogen-bond donors (Lipinski definition) is 0. The summed E-state index contributed by atoms with van der Waals surface area (Å²) in [6.07, 6.45) is 0. The summed E-state index contributed by atoms with van der Waals surface area (Å²) in [7, 11) is 3.55. The maximum atomic E-state index is 13.8. The number of anilines is 1. The number of morpholine rings is 1. The number of benzene rings is 2. The number of rotatable bonds is 7. The smallest absolute Gasteiger partial charge is 0.270 e. The van der Waals surface area contributed by atoms with E-state index in [1.807, 2.05) is 48.3 Å². The van der Waals surface area contributed by atoms with Crippen molar-refractivity contribution in [3.8, 4) is 5.75 Å². The van der Waals surface area contributed by atoms with Crippen molar-refractivity contribution in [1.29, 1.82) is 0 Å². The van der Waals surface area contributed by atoms with Crippen molar-refractivity contribution in [2.45, 2.75) is 26.9 Å². The van der Waals surface area contributed by atoms with Crippen LogP contribution in [0.15, 0.2) is 54.6 Å². The highest BCUT2D eigenvalue weighted by molar-refractivity contribution is 5.96. The van der Waals surface area contributed by atoms with Crippen LogP contribution in [-0.4, -0.2) is 55.8 Å². The first-order valence-corrected chi connectivity index (χ1v) is 11.4. The number of ether oxygens (including phenoxy) is 2. The molecule has 0 N–H and O–H groups in total. The molecule has 1 aliphatic heterocycles. The standard InChI is InChI=1S/C27H33N3O3/c1-20-25(29-13-15-33-16-14-29)21(2)30(19-23-11-8-12-24(17-23)32-4)26(20)27(31)28(3)18-22-9-6-5-7-10-22/h5-12,17H,13-16,18-19H2,1-4H3. The molecule has 33 heavy (non-hydrogen) atoms. The van der Waals surface area contributed by atoms with Gasteiger partial charge in [-0.25, -0.2) is 0 Å². The fourth-order valence-electron chi connectivity index (χ4n) is 4.67. The molecule has 1 aromatic heterocycles. The van der Waals surface area contributed by atoms with Crippen molar-refractivity contribution < 1.29 is 14.3 Å². The van der Waals surface area contributed by atoms with Crippen LogP contribution < -0.4 is 9.64 Å². The average molecular weight is 448 g/mol. The van der Waals surface area contributed by atoms with Crippen LogP contribution in [0.3, 0.4) is 0 Å². The van der Waals surface area contributed by atoms with Gasteiger partial charge in [-0.05, 0) is 37.1 Å². The molecule has 1 amide bonds. The molecule has 4 rings (SSSR count). The van der Waals surface area contributed by atoms with Gasteiger partial charge in [-0.15, -0.1) is 0 Å². The number of amides is 1. The molecule has 2 heterocycles. The van der Waals surface area contributed by atoms with Gasteiger partial charge in [-0.3, -0.25) is 4.79 Å². The molecular weight excluding hydrogens is 414 g/mol. The second-order valence-corrected chi connectivity index (χ2v) is 8.59. The molecule has 6 heteroatoms. The predicted molar refractivity (Wildman–Crippen MR) is 131 cm³/mol. The van der Waals surface area contributed by atoms with E-state index in [1.165, 1.54) is 0 Å². The van der Waals surface area contributed by atoms with Crippen molar-refractivity contribution in [3.63, 3.8) is 0 Å². The predicted octanol–water partition coefficient (Wildman–Crippen LogP) is 4.27. The third kappa shape index (κ3) is 4.91. The SMILES string of the molecule is COc1cccc(Cn2c(C)c(N3CCOCC3)c(C)c2C(=O)N(C)Cc2ccccc2)c1. The molecule has 0 saturated carbocycles. The lowest BCUT2D eigenvalue weighted by Gasteiger charge is -2.29. The first kappa shape index (κ1) is 22.9. The van der Waals surface area contributed by atoms with Gasteiger partial charge < -0.3 is 23.8 Å². The van der Waals surface area contributed by atoms with Crippen LogP contribution in [0.2, 0.25) is 0 Å². The maximum Gasteiger partial charge on any atom is 0.270 e. The fraction of sp³-hybridized carbons (Fsp3) is 0.370. The van der Waals surface area contributed by atoms with Gasteiger partial charge in [0, 0.05) is 44.5 Å². The lowest BCUT2D eigenvalue weighted by atomic mass is 10.1. The van der Waals surface area contributed by atoms with Crippen LogP contribution in [0, 0.1) is 13.8 Å². The summed E-state index contributed by atoms with van der Waals surface area (Å²) < 4.78 is 13.2. The molecule has 1 fully saturated rings. The van der Waals surface area contributed by atoms with E-state index >= 15 is 0 Å². The summed E-state index contributed by atoms with van der Waals surface area (Å²) in [6, 6.07) is 18.1. The summed E-state index contributed by atoms with van der Waals surface area (Å²) in [5.74, 6) is 0.846. The van der Waals surface area contributed by atoms with Crippen LogP contribution in [0.4, 0.5) is 5.69 Å². The molecule has 0 spiro atoms. The Bertz CT molecular complexity index is 1100. The van der Waals surface area contributed by atoms with Gasteiger partial charge in [0.1, 0.15) is 11.4 Å². The van der Waals surface area contributed by atoms with E-state index in [0.717, 1.165) is 52.6 Å². The quantitative estimate of drug-likeness (QED) is 0.543. The minimum Gasteiger partial charge on any atom is -0.497 e. The van der Waals surface area contributed by atoms with Gasteiger partial charge in [-0.2, -0.15) is 0 Å². The lowest BCUT2D eigenvalue weighted by Crippen LogP contribution is -2.36. The van der Waals surface area contributed by atoms with Crippen LogP contribution in [0.5, 0.6) is 5.75 Å². The van der Waals surface area contributed by atoms with Gasteiger partial charge in [0.25, 0.3) is 5.91 Å². The van der Waals surface area contributed by atoms with Gasteiger partial charge >= 0.3 is 0 Å². The van der Waals surface area contributed by atoms with Crippen LogP contribution in [-0.2, 0) is 17.8 Å². The second-order valence-electron chi connectivity index (χ2n) is 8.59. The van der Waals surface area contributed by atoms with Crippen molar-refractivity contribution in [1.82, 2.24) is 9.47 Å². The van der Waals surface area contributed by atoms with Gasteiger partial charge in [0.05, 0.1) is 26.0 Å². The molecule has 0 aliphatic carbocycles. The van der Waals surface area contributed by atoms with E-state index in [2.05, 4.69) is 41.5 Å². The molecule has 0 bridgehead atoms. The molecule has 1 aliphatic rings. The molecular formula is C27H33N3O3. The summed E-state index contributed by atoms with van der Waals surface area (Å²) in [5, 5.41) is 0. The second kappa shape index (κ2) is 10.1. The van der Waals surface area contributed by atoms with Crippen LogP contribution in [0.1, 0.15) is 32.9 Å². The Hall–Kier alpha value is -3.25. The summed E-state index contributed by atoms with van der Waals surface area (Å²) in [4.78, 5) is 17.9. The molecule has 3 aromatic rings. The Morgan fingerprint density at radius 1 is 1.03 bits per heavy atom. The van der Waals surface area contributed by atoms with Crippen molar-refractivity contribution in [2.75, 3.05) is 45.4 Å². The summed E-state index contributed by atoms with van der Waals surface area (Å²) in [6.45, 7) is 8.43. The molecule has 2 aromatic carbocycles. The van der Waals surface area contributed by atoms with E-state index in [1.54, 1.807) is 7.11 Å². The van der Waals surface area contributed by atoms with E-state index in [4.69, 9.17) is 9.47 Å². The number of nitrogens with zero attached hydrogens (tertiary/aromatic N) is 3. The zero-order valence-electron chi connectivity index (χ0n) is 20.0. The Morgan fingerprint density at radius 2 is 1.73 bits per heavy atom. The number of hydrogen-bond acceptors (Lipinski definition) is 4. The monoisotopic (exact) mass is 447 g/mol. The van der Waals surface area contributed by atoms with E-state index in [0.29, 0.717) is 26.3 Å². The molecule has 6 nitrogen and oxygen atoms in total. The van der Waals surface area contributed by atoms with E-state index in [-0.39, 0.29) is 5.91 Å². The average Bonchev–Trinajstić information content (AvgIpc) is 3.08. The van der Waals surface area contributed by atoms with Crippen LogP contribution >= 0.6 is 0 Å². The van der Waals surface area contributed by atoms with Crippen molar-refractivity contribution in [3.05, 3.63) is 82.7 Å². The molecule has 174 valence electrons. The van der Waals surface area contributed by atoms with Gasteiger partial charge in [0.2, 0.25) is 0 Å². The highest BCUT2D eigenvalue weighted by Crippen LogP contribution is 2.33. The highest BCUT2D eigenvalue weighted by atomic mass is 16.5. The summed E-state index contributed by atoms with van der Waals surface area (Å²) in [5.41, 5.74) is 6.24. The molecule has 0 atom stereocenters. The normalized spacial score (nSPS) is 13.8. The molecule has 0 unspecified atom stereocenters. The molecule has 1 saturated heterocycles. The largest absolute Gasteiger partial charge is 0.497 e. The lowest BCUT2D eigenvalue weighted by molar-refractivity contribution is 0.0774.